The number of benzene rings is 1. The predicted octanol–water partition coefficient (Wildman–Crippen LogP) is 5.00. The number of amides is 1. The molecule has 2 aromatic heterocycles. The van der Waals surface area contributed by atoms with Gasteiger partial charge in [0.2, 0.25) is 0 Å². The van der Waals surface area contributed by atoms with Crippen LogP contribution in [-0.2, 0) is 13.0 Å². The van der Waals surface area contributed by atoms with E-state index in [1.54, 1.807) is 11.3 Å². The Labute approximate surface area is 175 Å². The van der Waals surface area contributed by atoms with Crippen molar-refractivity contribution in [1.29, 1.82) is 0 Å². The van der Waals surface area contributed by atoms with Crippen LogP contribution in [0.15, 0.2) is 45.3 Å². The van der Waals surface area contributed by atoms with Gasteiger partial charge in [-0.25, -0.2) is 0 Å². The van der Waals surface area contributed by atoms with Crippen LogP contribution in [0.3, 0.4) is 0 Å². The number of hydrogen-bond donors (Lipinski definition) is 2. The summed E-state index contributed by atoms with van der Waals surface area (Å²) < 4.78 is 7.06. The van der Waals surface area contributed by atoms with E-state index in [4.69, 9.17) is 4.42 Å². The first-order chi connectivity index (χ1) is 13.6. The number of halogens is 1. The molecule has 0 aliphatic carbocycles. The Morgan fingerprint density at radius 1 is 1.29 bits per heavy atom. The molecule has 0 radical (unpaired) electrons. The van der Waals surface area contributed by atoms with Gasteiger partial charge in [0.05, 0.1) is 5.56 Å². The molecule has 2 aliphatic rings. The van der Waals surface area contributed by atoms with Gasteiger partial charge in [-0.2, -0.15) is 0 Å². The molecule has 4 heterocycles. The number of fused-ring (bicyclic) bond motifs is 3. The van der Waals surface area contributed by atoms with E-state index in [0.29, 0.717) is 5.76 Å². The normalized spacial score (nSPS) is 18.9. The van der Waals surface area contributed by atoms with Crippen molar-refractivity contribution in [3.05, 3.63) is 62.6 Å². The van der Waals surface area contributed by atoms with Crippen molar-refractivity contribution in [3.63, 3.8) is 0 Å². The summed E-state index contributed by atoms with van der Waals surface area (Å²) in [6.45, 7) is 5.16. The van der Waals surface area contributed by atoms with Crippen molar-refractivity contribution in [2.24, 2.45) is 0 Å². The molecular weight excluding hydrogens is 438 g/mol. The summed E-state index contributed by atoms with van der Waals surface area (Å²) in [5.74, 6) is 1.47. The van der Waals surface area contributed by atoms with Gasteiger partial charge in [-0.05, 0) is 42.8 Å². The van der Waals surface area contributed by atoms with Crippen LogP contribution in [0.5, 0.6) is 0 Å². The van der Waals surface area contributed by atoms with E-state index >= 15 is 0 Å². The summed E-state index contributed by atoms with van der Waals surface area (Å²) >= 11 is 5.20. The Balaban J connectivity index is 1.43. The number of nitrogens with one attached hydrogen (secondary N) is 2. The maximum absolute atomic E-state index is 12.9. The highest BCUT2D eigenvalue weighted by Crippen LogP contribution is 2.41. The van der Waals surface area contributed by atoms with Crippen LogP contribution < -0.4 is 10.6 Å². The number of furan rings is 1. The van der Waals surface area contributed by atoms with Gasteiger partial charge in [0.25, 0.3) is 5.91 Å². The molecule has 0 saturated heterocycles. The van der Waals surface area contributed by atoms with E-state index in [9.17, 15) is 4.79 Å². The Bertz CT molecular complexity index is 1060. The molecule has 5 nitrogen and oxygen atoms in total. The van der Waals surface area contributed by atoms with Crippen molar-refractivity contribution in [3.8, 4) is 11.3 Å². The van der Waals surface area contributed by atoms with Gasteiger partial charge in [-0.1, -0.05) is 35.0 Å². The third-order valence-electron chi connectivity index (χ3n) is 5.38. The maximum Gasteiger partial charge on any atom is 0.256 e. The summed E-state index contributed by atoms with van der Waals surface area (Å²) in [4.78, 5) is 16.6. The highest BCUT2D eigenvalue weighted by molar-refractivity contribution is 9.10. The minimum absolute atomic E-state index is 0.0124. The van der Waals surface area contributed by atoms with Crippen molar-refractivity contribution in [2.45, 2.75) is 26.1 Å². The molecule has 1 aromatic carbocycles. The molecule has 5 rings (SSSR count). The fourth-order valence-electron chi connectivity index (χ4n) is 3.89. The average molecular weight is 458 g/mol. The quantitative estimate of drug-likeness (QED) is 0.580. The van der Waals surface area contributed by atoms with E-state index in [2.05, 4.69) is 38.4 Å². The molecule has 0 bridgehead atoms. The molecular formula is C21H20BrN3O2S. The number of carbonyl (C=O) groups is 1. The van der Waals surface area contributed by atoms with E-state index in [1.165, 1.54) is 10.4 Å². The lowest BCUT2D eigenvalue weighted by Gasteiger charge is -2.27. The summed E-state index contributed by atoms with van der Waals surface area (Å²) in [6, 6.07) is 11.8. The molecule has 28 heavy (non-hydrogen) atoms. The maximum atomic E-state index is 12.9. The van der Waals surface area contributed by atoms with Crippen LogP contribution in [0, 0.1) is 0 Å². The lowest BCUT2D eigenvalue weighted by molar-refractivity contribution is 0.0930. The Morgan fingerprint density at radius 2 is 2.18 bits per heavy atom. The third-order valence-corrected chi connectivity index (χ3v) is 7.02. The molecule has 1 atom stereocenters. The van der Waals surface area contributed by atoms with E-state index in [1.807, 2.05) is 36.4 Å². The topological polar surface area (TPSA) is 57.5 Å². The largest absolute Gasteiger partial charge is 0.457 e. The lowest BCUT2D eigenvalue weighted by Crippen LogP contribution is -2.38. The zero-order valence-corrected chi connectivity index (χ0v) is 17.8. The van der Waals surface area contributed by atoms with Crippen molar-refractivity contribution in [2.75, 3.05) is 18.4 Å². The van der Waals surface area contributed by atoms with Crippen molar-refractivity contribution < 1.29 is 9.21 Å². The van der Waals surface area contributed by atoms with Crippen LogP contribution in [0.2, 0.25) is 0 Å². The van der Waals surface area contributed by atoms with Gasteiger partial charge in [-0.15, -0.1) is 11.3 Å². The smallest absolute Gasteiger partial charge is 0.256 e. The van der Waals surface area contributed by atoms with Gasteiger partial charge in [0, 0.05) is 28.0 Å². The Morgan fingerprint density at radius 3 is 3.00 bits per heavy atom. The minimum atomic E-state index is -0.358. The third kappa shape index (κ3) is 3.07. The first kappa shape index (κ1) is 18.0. The second-order valence-corrected chi connectivity index (χ2v) is 9.11. The number of hydrogen-bond acceptors (Lipinski definition) is 5. The van der Waals surface area contributed by atoms with Crippen LogP contribution in [0.25, 0.3) is 11.3 Å². The second kappa shape index (κ2) is 7.06. The van der Waals surface area contributed by atoms with Gasteiger partial charge < -0.3 is 15.1 Å². The van der Waals surface area contributed by atoms with Gasteiger partial charge in [0.15, 0.2) is 6.17 Å². The van der Waals surface area contributed by atoms with Crippen molar-refractivity contribution >= 4 is 38.2 Å². The number of likely N-dealkylation sites (N-methyl/N-ethyl adjacent to an activating group) is 1. The minimum Gasteiger partial charge on any atom is -0.457 e. The predicted molar refractivity (Wildman–Crippen MR) is 115 cm³/mol. The number of carbonyl (C=O) groups excluding carboxylic acids is 1. The van der Waals surface area contributed by atoms with E-state index < -0.39 is 0 Å². The molecule has 0 spiro atoms. The molecule has 2 N–H and O–H groups in total. The van der Waals surface area contributed by atoms with E-state index in [-0.39, 0.29) is 12.1 Å². The Hall–Kier alpha value is -2.09. The van der Waals surface area contributed by atoms with Crippen molar-refractivity contribution in [1.82, 2.24) is 10.2 Å². The highest BCUT2D eigenvalue weighted by Gasteiger charge is 2.34. The second-order valence-electron chi connectivity index (χ2n) is 7.09. The van der Waals surface area contributed by atoms with Crippen LogP contribution >= 0.6 is 27.3 Å². The number of anilines is 1. The fourth-order valence-corrected chi connectivity index (χ4v) is 5.60. The number of nitrogens with zero attached hydrogens (tertiary/aromatic N) is 1. The highest BCUT2D eigenvalue weighted by atomic mass is 79.9. The van der Waals surface area contributed by atoms with Crippen LogP contribution in [-0.4, -0.2) is 23.9 Å². The standard InChI is InChI=1S/C21H20BrN3O2S/c1-2-25-9-8-14-17(11-25)28-21-18(14)20(26)23-19(24-21)16-7-6-15(27-16)12-4-3-5-13(22)10-12/h3-7,10,19,24H,2,8-9,11H2,1H3,(H,23,26)/t19-/m1/s1. The SMILES string of the molecule is CCN1CCc2c(sc3c2C(=O)N[C@@H](c2ccc(-c4cccc(Br)c4)o2)N3)C1. The Kier molecular flexibility index (Phi) is 4.53. The zero-order chi connectivity index (χ0) is 19.3. The monoisotopic (exact) mass is 457 g/mol. The zero-order valence-electron chi connectivity index (χ0n) is 15.4. The molecule has 0 saturated carbocycles. The van der Waals surface area contributed by atoms with Gasteiger partial charge >= 0.3 is 0 Å². The van der Waals surface area contributed by atoms with Crippen LogP contribution in [0.4, 0.5) is 5.00 Å². The number of rotatable bonds is 3. The molecule has 7 heteroatoms. The van der Waals surface area contributed by atoms with Crippen LogP contribution in [0.1, 0.15) is 39.6 Å². The fraction of sp³-hybridized carbons (Fsp3) is 0.286. The molecule has 2 aliphatic heterocycles. The average Bonchev–Trinajstić information content (AvgIpc) is 3.32. The summed E-state index contributed by atoms with van der Waals surface area (Å²) in [7, 11) is 0. The lowest BCUT2D eigenvalue weighted by atomic mass is 10.0. The number of thiophene rings is 1. The van der Waals surface area contributed by atoms with Gasteiger partial charge in [0.1, 0.15) is 16.5 Å². The molecule has 0 fully saturated rings. The molecule has 144 valence electrons. The molecule has 3 aromatic rings. The molecule has 1 amide bonds. The van der Waals surface area contributed by atoms with Gasteiger partial charge in [-0.3, -0.25) is 9.69 Å². The first-order valence-electron chi connectivity index (χ1n) is 9.42. The summed E-state index contributed by atoms with van der Waals surface area (Å²) in [5.41, 5.74) is 3.03. The van der Waals surface area contributed by atoms with E-state index in [0.717, 1.165) is 52.4 Å². The molecule has 0 unspecified atom stereocenters. The first-order valence-corrected chi connectivity index (χ1v) is 11.0. The summed E-state index contributed by atoms with van der Waals surface area (Å²) in [6.07, 6.45) is 0.575. The summed E-state index contributed by atoms with van der Waals surface area (Å²) in [5, 5.41) is 7.50.